The second-order valence-corrected chi connectivity index (χ2v) is 4.89. The summed E-state index contributed by atoms with van der Waals surface area (Å²) in [6, 6.07) is 7.18. The van der Waals surface area contributed by atoms with E-state index in [1.54, 1.807) is 13.0 Å². The van der Waals surface area contributed by atoms with Crippen molar-refractivity contribution in [1.29, 1.82) is 0 Å². The molecule has 1 aromatic heterocycles. The molecule has 0 spiro atoms. The van der Waals surface area contributed by atoms with E-state index >= 15 is 0 Å². The highest BCUT2D eigenvalue weighted by Crippen LogP contribution is 2.30. The number of nitrogens with zero attached hydrogens (tertiary/aromatic N) is 1. The highest BCUT2D eigenvalue weighted by molar-refractivity contribution is 6.01. The molecule has 3 rings (SSSR count). The van der Waals surface area contributed by atoms with Crippen molar-refractivity contribution in [3.63, 3.8) is 0 Å². The van der Waals surface area contributed by atoms with Crippen molar-refractivity contribution in [2.24, 2.45) is 5.10 Å². The molecule has 6 heteroatoms. The molecule has 0 fully saturated rings. The zero-order valence-electron chi connectivity index (χ0n) is 12.4. The maximum Gasteiger partial charge on any atom is 0.274 e. The molecule has 0 radical (unpaired) electrons. The largest absolute Gasteiger partial charge is 0.486 e. The van der Waals surface area contributed by atoms with Crippen molar-refractivity contribution < 1.29 is 18.7 Å². The van der Waals surface area contributed by atoms with Gasteiger partial charge in [0.15, 0.2) is 11.5 Å². The summed E-state index contributed by atoms with van der Waals surface area (Å²) in [4.78, 5) is 12.0. The molecule has 0 atom stereocenters. The lowest BCUT2D eigenvalue weighted by molar-refractivity contribution is 0.0953. The molecule has 0 aliphatic carbocycles. The van der Waals surface area contributed by atoms with Gasteiger partial charge in [0.1, 0.15) is 19.0 Å². The summed E-state index contributed by atoms with van der Waals surface area (Å²) in [6.45, 7) is 4.63. The van der Waals surface area contributed by atoms with Gasteiger partial charge in [0.25, 0.3) is 5.91 Å². The molecule has 1 amide bonds. The average molecular weight is 300 g/mol. The molecule has 0 bridgehead atoms. The van der Waals surface area contributed by atoms with Gasteiger partial charge in [0.2, 0.25) is 0 Å². The molecule has 6 nitrogen and oxygen atoms in total. The van der Waals surface area contributed by atoms with Crippen molar-refractivity contribution in [2.75, 3.05) is 13.2 Å². The van der Waals surface area contributed by atoms with E-state index in [0.29, 0.717) is 36.0 Å². The number of nitrogens with one attached hydrogen (secondary N) is 1. The van der Waals surface area contributed by atoms with Crippen LogP contribution in [0.15, 0.2) is 40.0 Å². The summed E-state index contributed by atoms with van der Waals surface area (Å²) in [7, 11) is 0. The number of benzene rings is 1. The predicted octanol–water partition coefficient (Wildman–Crippen LogP) is 2.51. The van der Waals surface area contributed by atoms with Gasteiger partial charge in [-0.2, -0.15) is 5.10 Å². The van der Waals surface area contributed by atoms with Crippen LogP contribution in [0.4, 0.5) is 0 Å². The number of carbonyl (C=O) groups is 1. The Kier molecular flexibility index (Phi) is 3.82. The van der Waals surface area contributed by atoms with Crippen LogP contribution >= 0.6 is 0 Å². The summed E-state index contributed by atoms with van der Waals surface area (Å²) < 4.78 is 16.1. The van der Waals surface area contributed by atoms with Crippen LogP contribution in [-0.4, -0.2) is 24.8 Å². The average Bonchev–Trinajstić information content (AvgIpc) is 2.98. The Bertz CT molecular complexity index is 733. The summed E-state index contributed by atoms with van der Waals surface area (Å²) in [5.74, 6) is 1.67. The van der Waals surface area contributed by atoms with Gasteiger partial charge in [-0.05, 0) is 38.1 Å². The molecular weight excluding hydrogens is 284 g/mol. The molecule has 0 unspecified atom stereocenters. The van der Waals surface area contributed by atoms with Crippen molar-refractivity contribution in [2.45, 2.75) is 13.8 Å². The lowest BCUT2D eigenvalue weighted by Crippen LogP contribution is -2.20. The third kappa shape index (κ3) is 2.81. The Morgan fingerprint density at radius 3 is 2.68 bits per heavy atom. The van der Waals surface area contributed by atoms with Crippen LogP contribution in [-0.2, 0) is 0 Å². The normalized spacial score (nSPS) is 13.8. The second-order valence-electron chi connectivity index (χ2n) is 4.89. The van der Waals surface area contributed by atoms with Crippen LogP contribution in [0.3, 0.4) is 0 Å². The molecular formula is C16H16N2O4. The molecule has 1 aliphatic rings. The number of hydrogen-bond donors (Lipinski definition) is 1. The molecule has 1 aliphatic heterocycles. The molecule has 0 saturated heterocycles. The molecule has 114 valence electrons. The van der Waals surface area contributed by atoms with Gasteiger partial charge in [-0.25, -0.2) is 5.43 Å². The highest BCUT2D eigenvalue weighted by atomic mass is 16.6. The number of carbonyl (C=O) groups excluding carboxylic acids is 1. The summed E-state index contributed by atoms with van der Waals surface area (Å²) in [5.41, 5.74) is 4.52. The SMILES string of the molecule is C/C(=N\NC(=O)c1ccoc1C)c1ccc2c(c1)OCCO2. The maximum atomic E-state index is 12.0. The second kappa shape index (κ2) is 5.93. The third-order valence-electron chi connectivity index (χ3n) is 3.39. The van der Waals surface area contributed by atoms with Crippen LogP contribution in [0.2, 0.25) is 0 Å². The van der Waals surface area contributed by atoms with Gasteiger partial charge in [0, 0.05) is 5.56 Å². The van der Waals surface area contributed by atoms with Crippen molar-refractivity contribution in [1.82, 2.24) is 5.43 Å². The maximum absolute atomic E-state index is 12.0. The van der Waals surface area contributed by atoms with Gasteiger partial charge in [-0.15, -0.1) is 0 Å². The quantitative estimate of drug-likeness (QED) is 0.698. The van der Waals surface area contributed by atoms with Gasteiger partial charge in [-0.3, -0.25) is 4.79 Å². The van der Waals surface area contributed by atoms with E-state index in [2.05, 4.69) is 10.5 Å². The number of aryl methyl sites for hydroxylation is 1. The Labute approximate surface area is 127 Å². The molecule has 1 aromatic carbocycles. The van der Waals surface area contributed by atoms with E-state index in [1.165, 1.54) is 6.26 Å². The zero-order chi connectivity index (χ0) is 15.5. The first-order chi connectivity index (χ1) is 10.6. The number of hydrogen-bond acceptors (Lipinski definition) is 5. The smallest absolute Gasteiger partial charge is 0.274 e. The minimum Gasteiger partial charge on any atom is -0.486 e. The predicted molar refractivity (Wildman–Crippen MR) is 80.6 cm³/mol. The number of amides is 1. The van der Waals surface area contributed by atoms with E-state index in [9.17, 15) is 4.79 Å². The summed E-state index contributed by atoms with van der Waals surface area (Å²) in [6.07, 6.45) is 1.47. The van der Waals surface area contributed by atoms with Crippen molar-refractivity contribution >= 4 is 11.6 Å². The summed E-state index contributed by atoms with van der Waals surface area (Å²) >= 11 is 0. The summed E-state index contributed by atoms with van der Waals surface area (Å²) in [5, 5.41) is 4.12. The molecule has 1 N–H and O–H groups in total. The van der Waals surface area contributed by atoms with E-state index in [1.807, 2.05) is 25.1 Å². The minimum absolute atomic E-state index is 0.303. The lowest BCUT2D eigenvalue weighted by atomic mass is 10.1. The molecule has 22 heavy (non-hydrogen) atoms. The van der Waals surface area contributed by atoms with E-state index in [-0.39, 0.29) is 5.91 Å². The van der Waals surface area contributed by atoms with E-state index in [0.717, 1.165) is 11.3 Å². The Morgan fingerprint density at radius 2 is 1.95 bits per heavy atom. The first-order valence-electron chi connectivity index (χ1n) is 6.94. The Hall–Kier alpha value is -2.76. The number of hydrazone groups is 1. The van der Waals surface area contributed by atoms with Crippen LogP contribution in [0.1, 0.15) is 28.6 Å². The van der Waals surface area contributed by atoms with E-state index < -0.39 is 0 Å². The van der Waals surface area contributed by atoms with Crippen LogP contribution in [0.25, 0.3) is 0 Å². The molecule has 2 heterocycles. The fourth-order valence-corrected chi connectivity index (χ4v) is 2.15. The molecule has 2 aromatic rings. The van der Waals surface area contributed by atoms with Crippen molar-refractivity contribution in [3.05, 3.63) is 47.4 Å². The topological polar surface area (TPSA) is 73.1 Å². The van der Waals surface area contributed by atoms with Gasteiger partial charge in [-0.1, -0.05) is 0 Å². The lowest BCUT2D eigenvalue weighted by Gasteiger charge is -2.18. The third-order valence-corrected chi connectivity index (χ3v) is 3.39. The van der Waals surface area contributed by atoms with Gasteiger partial charge >= 0.3 is 0 Å². The Morgan fingerprint density at radius 1 is 1.18 bits per heavy atom. The first kappa shape index (κ1) is 14.2. The highest BCUT2D eigenvalue weighted by Gasteiger charge is 2.13. The van der Waals surface area contributed by atoms with E-state index in [4.69, 9.17) is 13.9 Å². The monoisotopic (exact) mass is 300 g/mol. The number of rotatable bonds is 3. The van der Waals surface area contributed by atoms with Crippen LogP contribution < -0.4 is 14.9 Å². The number of furan rings is 1. The zero-order valence-corrected chi connectivity index (χ0v) is 12.4. The van der Waals surface area contributed by atoms with Crippen LogP contribution in [0, 0.1) is 6.92 Å². The van der Waals surface area contributed by atoms with Gasteiger partial charge in [0.05, 0.1) is 17.5 Å². The fraction of sp³-hybridized carbons (Fsp3) is 0.250. The number of ether oxygens (including phenoxy) is 2. The standard InChI is InChI=1S/C16H16N2O4/c1-10(17-18-16(19)13-5-6-20-11(13)2)12-3-4-14-15(9-12)22-8-7-21-14/h3-6,9H,7-8H2,1-2H3,(H,18,19)/b17-10+. The Balaban J connectivity index is 1.74. The fourth-order valence-electron chi connectivity index (χ4n) is 2.15. The minimum atomic E-state index is -0.303. The van der Waals surface area contributed by atoms with Crippen molar-refractivity contribution in [3.8, 4) is 11.5 Å². The first-order valence-corrected chi connectivity index (χ1v) is 6.94. The molecule has 0 saturated carbocycles. The number of fused-ring (bicyclic) bond motifs is 1. The van der Waals surface area contributed by atoms with Crippen LogP contribution in [0.5, 0.6) is 11.5 Å². The van der Waals surface area contributed by atoms with Gasteiger partial charge < -0.3 is 13.9 Å².